The highest BCUT2D eigenvalue weighted by Crippen LogP contribution is 2.36. The van der Waals surface area contributed by atoms with Crippen molar-refractivity contribution >= 4 is 33.9 Å². The van der Waals surface area contributed by atoms with E-state index in [-0.39, 0.29) is 0 Å². The van der Waals surface area contributed by atoms with Crippen molar-refractivity contribution in [3.8, 4) is 0 Å². The third-order valence-corrected chi connectivity index (χ3v) is 3.97. The Kier molecular flexibility index (Phi) is 3.05. The van der Waals surface area contributed by atoms with E-state index in [0.717, 1.165) is 16.3 Å². The molecule has 3 nitrogen and oxygen atoms in total. The minimum atomic E-state index is -0.593. The second-order valence-electron chi connectivity index (χ2n) is 5.32. The number of hydrogen-bond donors (Lipinski definition) is 0. The zero-order valence-electron chi connectivity index (χ0n) is 12.2. The van der Waals surface area contributed by atoms with Crippen molar-refractivity contribution in [2.24, 2.45) is 0 Å². The van der Waals surface area contributed by atoms with Gasteiger partial charge < -0.3 is 4.74 Å². The van der Waals surface area contributed by atoms with Gasteiger partial charge in [0, 0.05) is 0 Å². The van der Waals surface area contributed by atoms with Gasteiger partial charge in [-0.05, 0) is 21.9 Å². The summed E-state index contributed by atoms with van der Waals surface area (Å²) in [6, 6.07) is 22.6. The molecule has 4 rings (SSSR count). The van der Waals surface area contributed by atoms with Crippen molar-refractivity contribution in [3.63, 3.8) is 0 Å². The maximum absolute atomic E-state index is 12.3. The van der Waals surface area contributed by atoms with Gasteiger partial charge in [0.25, 0.3) is 0 Å². The highest BCUT2D eigenvalue weighted by atomic mass is 16.6. The minimum Gasteiger partial charge on any atom is -0.386 e. The molecule has 23 heavy (non-hydrogen) atoms. The predicted molar refractivity (Wildman–Crippen MR) is 88.3 cm³/mol. The summed E-state index contributed by atoms with van der Waals surface area (Å²) in [6.07, 6.45) is 0. The maximum Gasteiger partial charge on any atom is 0.347 e. The highest BCUT2D eigenvalue weighted by molar-refractivity contribution is 6.45. The number of fused-ring (bicyclic) bond motifs is 1. The Labute approximate surface area is 132 Å². The lowest BCUT2D eigenvalue weighted by Gasteiger charge is -2.07. The van der Waals surface area contributed by atoms with Crippen LogP contribution in [0.25, 0.3) is 21.9 Å². The molecule has 3 aromatic rings. The number of benzene rings is 3. The summed E-state index contributed by atoms with van der Waals surface area (Å²) in [5, 5.41) is 1.93. The van der Waals surface area contributed by atoms with Crippen LogP contribution in [-0.4, -0.2) is 11.9 Å². The molecule has 0 aromatic heterocycles. The summed E-state index contributed by atoms with van der Waals surface area (Å²) in [5.41, 5.74) is 2.06. The molecule has 3 heteroatoms. The first-order valence-corrected chi connectivity index (χ1v) is 7.30. The van der Waals surface area contributed by atoms with E-state index in [0.29, 0.717) is 16.7 Å². The third-order valence-electron chi connectivity index (χ3n) is 3.97. The summed E-state index contributed by atoms with van der Waals surface area (Å²) in [5.74, 6) is -1.19. The zero-order chi connectivity index (χ0) is 15.8. The molecule has 1 aliphatic rings. The van der Waals surface area contributed by atoms with E-state index in [2.05, 4.69) is 0 Å². The first-order valence-electron chi connectivity index (χ1n) is 7.30. The van der Waals surface area contributed by atoms with Crippen molar-refractivity contribution in [1.29, 1.82) is 0 Å². The summed E-state index contributed by atoms with van der Waals surface area (Å²) in [6.45, 7) is 0. The van der Waals surface area contributed by atoms with Gasteiger partial charge in [-0.25, -0.2) is 9.59 Å². The molecule has 0 saturated carbocycles. The largest absolute Gasteiger partial charge is 0.386 e. The average molecular weight is 300 g/mol. The fourth-order valence-electron chi connectivity index (χ4n) is 2.95. The molecule has 0 unspecified atom stereocenters. The number of ether oxygens (including phenoxy) is 1. The molecule has 1 aliphatic heterocycles. The second kappa shape index (κ2) is 5.21. The Hall–Kier alpha value is -3.20. The lowest BCUT2D eigenvalue weighted by Crippen LogP contribution is -2.02. The Balaban J connectivity index is 2.05. The molecule has 0 spiro atoms. The fourth-order valence-corrected chi connectivity index (χ4v) is 2.95. The fraction of sp³-hybridized carbons (Fsp3) is 0. The topological polar surface area (TPSA) is 43.4 Å². The molecule has 0 atom stereocenters. The normalized spacial score (nSPS) is 14.4. The molecular weight excluding hydrogens is 288 g/mol. The molecule has 0 N–H and O–H groups in total. The quantitative estimate of drug-likeness (QED) is 0.533. The Bertz CT molecular complexity index is 963. The molecule has 1 heterocycles. The van der Waals surface area contributed by atoms with E-state index >= 15 is 0 Å². The summed E-state index contributed by atoms with van der Waals surface area (Å²) in [4.78, 5) is 24.5. The van der Waals surface area contributed by atoms with E-state index in [1.54, 1.807) is 12.1 Å². The summed E-state index contributed by atoms with van der Waals surface area (Å²) >= 11 is 0. The van der Waals surface area contributed by atoms with Crippen LogP contribution in [0.1, 0.15) is 11.1 Å². The molecule has 0 aliphatic carbocycles. The van der Waals surface area contributed by atoms with E-state index in [1.807, 2.05) is 60.7 Å². The molecule has 0 amide bonds. The molecular formula is C20H12O3. The van der Waals surface area contributed by atoms with Crippen LogP contribution in [0.5, 0.6) is 0 Å². The van der Waals surface area contributed by atoms with Crippen LogP contribution in [-0.2, 0) is 14.3 Å². The summed E-state index contributed by atoms with van der Waals surface area (Å²) < 4.78 is 4.89. The Morgan fingerprint density at radius 1 is 0.609 bits per heavy atom. The van der Waals surface area contributed by atoms with Crippen molar-refractivity contribution in [1.82, 2.24) is 0 Å². The molecule has 0 radical (unpaired) electrons. The molecule has 0 saturated heterocycles. The van der Waals surface area contributed by atoms with Crippen LogP contribution >= 0.6 is 0 Å². The molecule has 110 valence electrons. The lowest BCUT2D eigenvalue weighted by molar-refractivity contribution is -0.149. The van der Waals surface area contributed by atoms with Gasteiger partial charge in [0.05, 0.1) is 11.1 Å². The predicted octanol–water partition coefficient (Wildman–Crippen LogP) is 3.83. The van der Waals surface area contributed by atoms with E-state index in [4.69, 9.17) is 4.74 Å². The van der Waals surface area contributed by atoms with Crippen LogP contribution in [0.2, 0.25) is 0 Å². The van der Waals surface area contributed by atoms with Crippen LogP contribution in [0.3, 0.4) is 0 Å². The number of carbonyl (C=O) groups excluding carboxylic acids is 2. The average Bonchev–Trinajstić information content (AvgIpc) is 2.89. The van der Waals surface area contributed by atoms with Gasteiger partial charge in [-0.2, -0.15) is 0 Å². The van der Waals surface area contributed by atoms with Gasteiger partial charge >= 0.3 is 11.9 Å². The zero-order valence-corrected chi connectivity index (χ0v) is 12.2. The van der Waals surface area contributed by atoms with Gasteiger partial charge in [0.15, 0.2) is 0 Å². The second-order valence-corrected chi connectivity index (χ2v) is 5.32. The monoisotopic (exact) mass is 300 g/mol. The minimum absolute atomic E-state index is 0.326. The van der Waals surface area contributed by atoms with Gasteiger partial charge in [-0.1, -0.05) is 72.8 Å². The Morgan fingerprint density at radius 2 is 1.26 bits per heavy atom. The van der Waals surface area contributed by atoms with Gasteiger partial charge in [-0.15, -0.1) is 0 Å². The Morgan fingerprint density at radius 3 is 2.09 bits per heavy atom. The first-order chi connectivity index (χ1) is 11.3. The van der Waals surface area contributed by atoms with Crippen LogP contribution < -0.4 is 0 Å². The van der Waals surface area contributed by atoms with Crippen molar-refractivity contribution < 1.29 is 14.3 Å². The maximum atomic E-state index is 12.3. The van der Waals surface area contributed by atoms with Crippen molar-refractivity contribution in [2.45, 2.75) is 0 Å². The van der Waals surface area contributed by atoms with Crippen molar-refractivity contribution in [2.75, 3.05) is 0 Å². The molecule has 0 bridgehead atoms. The standard InChI is InChI=1S/C20H12O3/c21-19-17(14-8-2-1-3-9-14)18(20(22)23-19)16-12-6-10-13-7-4-5-11-15(13)16/h1-12H. The van der Waals surface area contributed by atoms with E-state index < -0.39 is 11.9 Å². The highest BCUT2D eigenvalue weighted by Gasteiger charge is 2.35. The van der Waals surface area contributed by atoms with E-state index in [1.165, 1.54) is 0 Å². The number of hydrogen-bond acceptors (Lipinski definition) is 3. The van der Waals surface area contributed by atoms with Crippen LogP contribution in [0.4, 0.5) is 0 Å². The number of esters is 2. The summed E-state index contributed by atoms with van der Waals surface area (Å²) in [7, 11) is 0. The van der Waals surface area contributed by atoms with Crippen LogP contribution in [0.15, 0.2) is 72.8 Å². The SMILES string of the molecule is O=C1OC(=O)C(c2cccc3ccccc23)=C1c1ccccc1. The molecule has 0 fully saturated rings. The number of cyclic esters (lactones) is 2. The van der Waals surface area contributed by atoms with Gasteiger partial charge in [0.2, 0.25) is 0 Å². The van der Waals surface area contributed by atoms with E-state index in [9.17, 15) is 9.59 Å². The number of rotatable bonds is 2. The first kappa shape index (κ1) is 13.5. The van der Waals surface area contributed by atoms with Gasteiger partial charge in [0.1, 0.15) is 0 Å². The van der Waals surface area contributed by atoms with Crippen LogP contribution in [0, 0.1) is 0 Å². The number of carbonyl (C=O) groups is 2. The third kappa shape index (κ3) is 2.14. The van der Waals surface area contributed by atoms with Crippen molar-refractivity contribution in [3.05, 3.63) is 83.9 Å². The van der Waals surface area contributed by atoms with Gasteiger partial charge in [-0.3, -0.25) is 0 Å². The smallest absolute Gasteiger partial charge is 0.347 e. The lowest BCUT2D eigenvalue weighted by atomic mass is 9.93. The molecule has 3 aromatic carbocycles.